The van der Waals surface area contributed by atoms with Crippen LogP contribution < -0.4 is 5.32 Å². The summed E-state index contributed by atoms with van der Waals surface area (Å²) in [6.07, 6.45) is 3.76. The van der Waals surface area contributed by atoms with Crippen molar-refractivity contribution in [2.24, 2.45) is 0 Å². The fourth-order valence-electron chi connectivity index (χ4n) is 1.61. The number of nitrogens with zero attached hydrogens (tertiary/aromatic N) is 2. The average molecular weight is 221 g/mol. The molecule has 0 aliphatic heterocycles. The van der Waals surface area contributed by atoms with Gasteiger partial charge in [0, 0.05) is 38.1 Å². The number of pyridine rings is 1. The van der Waals surface area contributed by atoms with Crippen LogP contribution in [0.4, 0.5) is 0 Å². The molecular formula is C13H23N3. The summed E-state index contributed by atoms with van der Waals surface area (Å²) in [6.45, 7) is 10.8. The summed E-state index contributed by atoms with van der Waals surface area (Å²) in [4.78, 5) is 6.56. The molecule has 0 aromatic carbocycles. The highest BCUT2D eigenvalue weighted by Crippen LogP contribution is 2.01. The molecule has 0 bridgehead atoms. The minimum atomic E-state index is 0.567. The fraction of sp³-hybridized carbons (Fsp3) is 0.615. The Morgan fingerprint density at radius 2 is 2.25 bits per heavy atom. The summed E-state index contributed by atoms with van der Waals surface area (Å²) in [5, 5.41) is 3.44. The van der Waals surface area contributed by atoms with Gasteiger partial charge in [0.25, 0.3) is 0 Å². The molecule has 0 amide bonds. The molecule has 1 N–H and O–H groups in total. The Bertz CT molecular complexity index is 272. The summed E-state index contributed by atoms with van der Waals surface area (Å²) in [6, 6.07) is 4.69. The highest BCUT2D eigenvalue weighted by atomic mass is 15.1. The Hall–Kier alpha value is -0.930. The van der Waals surface area contributed by atoms with Gasteiger partial charge in [-0.3, -0.25) is 9.88 Å². The summed E-state index contributed by atoms with van der Waals surface area (Å²) >= 11 is 0. The topological polar surface area (TPSA) is 28.2 Å². The number of aromatic nitrogens is 1. The van der Waals surface area contributed by atoms with Crippen molar-refractivity contribution in [2.45, 2.75) is 33.4 Å². The van der Waals surface area contributed by atoms with E-state index in [2.05, 4.69) is 42.0 Å². The van der Waals surface area contributed by atoms with Crippen LogP contribution in [-0.2, 0) is 6.54 Å². The van der Waals surface area contributed by atoms with Crippen LogP contribution in [0.2, 0.25) is 0 Å². The number of rotatable bonds is 7. The predicted molar refractivity (Wildman–Crippen MR) is 68.3 cm³/mol. The molecule has 0 aliphatic rings. The molecule has 0 atom stereocenters. The van der Waals surface area contributed by atoms with Gasteiger partial charge in [0.1, 0.15) is 0 Å². The van der Waals surface area contributed by atoms with Crippen molar-refractivity contribution in [1.29, 1.82) is 0 Å². The monoisotopic (exact) mass is 221 g/mol. The van der Waals surface area contributed by atoms with Crippen LogP contribution in [-0.4, -0.2) is 35.6 Å². The molecule has 1 heterocycles. The third-order valence-corrected chi connectivity index (χ3v) is 2.56. The van der Waals surface area contributed by atoms with E-state index in [4.69, 9.17) is 0 Å². The molecule has 0 saturated heterocycles. The van der Waals surface area contributed by atoms with Crippen LogP contribution in [0.1, 0.15) is 26.3 Å². The van der Waals surface area contributed by atoms with Gasteiger partial charge in [-0.05, 0) is 18.2 Å². The van der Waals surface area contributed by atoms with Crippen molar-refractivity contribution >= 4 is 0 Å². The van der Waals surface area contributed by atoms with E-state index in [1.165, 1.54) is 5.56 Å². The zero-order chi connectivity index (χ0) is 11.8. The summed E-state index contributed by atoms with van der Waals surface area (Å²) in [7, 11) is 0. The highest BCUT2D eigenvalue weighted by molar-refractivity contribution is 5.07. The van der Waals surface area contributed by atoms with Crippen molar-refractivity contribution in [3.8, 4) is 0 Å². The Balaban J connectivity index is 2.32. The Morgan fingerprint density at radius 3 is 2.81 bits per heavy atom. The quantitative estimate of drug-likeness (QED) is 0.762. The van der Waals surface area contributed by atoms with Gasteiger partial charge in [-0.15, -0.1) is 0 Å². The molecule has 90 valence electrons. The largest absolute Gasteiger partial charge is 0.313 e. The van der Waals surface area contributed by atoms with Crippen molar-refractivity contribution in [1.82, 2.24) is 15.2 Å². The third kappa shape index (κ3) is 5.24. The van der Waals surface area contributed by atoms with Crippen LogP contribution in [0, 0.1) is 0 Å². The van der Waals surface area contributed by atoms with Gasteiger partial charge in [-0.25, -0.2) is 0 Å². The van der Waals surface area contributed by atoms with Crippen LogP contribution in [0.5, 0.6) is 0 Å². The minimum Gasteiger partial charge on any atom is -0.313 e. The standard InChI is InChI=1S/C13H23N3/c1-4-16(9-8-15-12(2)3)11-13-6-5-7-14-10-13/h5-7,10,12,15H,4,8-9,11H2,1-3H3. The number of nitrogens with one attached hydrogen (secondary N) is 1. The highest BCUT2D eigenvalue weighted by Gasteiger charge is 2.03. The molecule has 0 radical (unpaired) electrons. The van der Waals surface area contributed by atoms with E-state index in [0.29, 0.717) is 6.04 Å². The molecule has 3 heteroatoms. The molecule has 1 aromatic rings. The molecule has 0 spiro atoms. The first kappa shape index (κ1) is 13.1. The summed E-state index contributed by atoms with van der Waals surface area (Å²) in [5.41, 5.74) is 1.29. The molecule has 0 saturated carbocycles. The predicted octanol–water partition coefficient (Wildman–Crippen LogP) is 1.90. The molecule has 3 nitrogen and oxygen atoms in total. The summed E-state index contributed by atoms with van der Waals surface area (Å²) in [5.74, 6) is 0. The third-order valence-electron chi connectivity index (χ3n) is 2.56. The van der Waals surface area contributed by atoms with Crippen molar-refractivity contribution in [3.63, 3.8) is 0 Å². The first-order chi connectivity index (χ1) is 7.72. The summed E-state index contributed by atoms with van der Waals surface area (Å²) < 4.78 is 0. The minimum absolute atomic E-state index is 0.567. The van der Waals surface area contributed by atoms with Gasteiger partial charge in [-0.1, -0.05) is 26.8 Å². The lowest BCUT2D eigenvalue weighted by atomic mass is 10.2. The van der Waals surface area contributed by atoms with Gasteiger partial charge in [0.15, 0.2) is 0 Å². The number of hydrogen-bond acceptors (Lipinski definition) is 3. The van der Waals surface area contributed by atoms with E-state index >= 15 is 0 Å². The first-order valence-electron chi connectivity index (χ1n) is 6.07. The second-order valence-corrected chi connectivity index (χ2v) is 4.34. The van der Waals surface area contributed by atoms with Gasteiger partial charge in [0.05, 0.1) is 0 Å². The number of likely N-dealkylation sites (N-methyl/N-ethyl adjacent to an activating group) is 1. The second kappa shape index (κ2) is 7.36. The SMILES string of the molecule is CCN(CCNC(C)C)Cc1cccnc1. The van der Waals surface area contributed by atoms with Gasteiger partial charge in [0.2, 0.25) is 0 Å². The van der Waals surface area contributed by atoms with Gasteiger partial charge in [-0.2, -0.15) is 0 Å². The van der Waals surface area contributed by atoms with Crippen LogP contribution in [0.15, 0.2) is 24.5 Å². The molecule has 0 fully saturated rings. The van der Waals surface area contributed by atoms with Crippen LogP contribution >= 0.6 is 0 Å². The smallest absolute Gasteiger partial charge is 0.0312 e. The maximum absolute atomic E-state index is 4.14. The zero-order valence-electron chi connectivity index (χ0n) is 10.6. The molecule has 16 heavy (non-hydrogen) atoms. The van der Waals surface area contributed by atoms with Crippen molar-refractivity contribution in [3.05, 3.63) is 30.1 Å². The molecule has 1 aromatic heterocycles. The first-order valence-corrected chi connectivity index (χ1v) is 6.07. The van der Waals surface area contributed by atoms with E-state index in [0.717, 1.165) is 26.2 Å². The molecular weight excluding hydrogens is 198 g/mol. The fourth-order valence-corrected chi connectivity index (χ4v) is 1.61. The van der Waals surface area contributed by atoms with Crippen LogP contribution in [0.3, 0.4) is 0 Å². The van der Waals surface area contributed by atoms with Crippen molar-refractivity contribution in [2.75, 3.05) is 19.6 Å². The van der Waals surface area contributed by atoms with Crippen molar-refractivity contribution < 1.29 is 0 Å². The molecule has 0 aliphatic carbocycles. The van der Waals surface area contributed by atoms with E-state index in [9.17, 15) is 0 Å². The van der Waals surface area contributed by atoms with E-state index < -0.39 is 0 Å². The Kier molecular flexibility index (Phi) is 6.04. The second-order valence-electron chi connectivity index (χ2n) is 4.34. The lowest BCUT2D eigenvalue weighted by Gasteiger charge is -2.21. The van der Waals surface area contributed by atoms with Crippen LogP contribution in [0.25, 0.3) is 0 Å². The average Bonchev–Trinajstić information content (AvgIpc) is 2.28. The molecule has 1 rings (SSSR count). The maximum Gasteiger partial charge on any atom is 0.0312 e. The van der Waals surface area contributed by atoms with E-state index in [-0.39, 0.29) is 0 Å². The lowest BCUT2D eigenvalue weighted by molar-refractivity contribution is 0.276. The Labute approximate surface area is 98.9 Å². The zero-order valence-corrected chi connectivity index (χ0v) is 10.6. The van der Waals surface area contributed by atoms with Gasteiger partial charge >= 0.3 is 0 Å². The maximum atomic E-state index is 4.14. The van der Waals surface area contributed by atoms with E-state index in [1.807, 2.05) is 18.5 Å². The Morgan fingerprint density at radius 1 is 1.44 bits per heavy atom. The number of hydrogen-bond donors (Lipinski definition) is 1. The van der Waals surface area contributed by atoms with Gasteiger partial charge < -0.3 is 5.32 Å². The lowest BCUT2D eigenvalue weighted by Crippen LogP contribution is -2.34. The molecule has 0 unspecified atom stereocenters. The normalized spacial score (nSPS) is 11.3. The van der Waals surface area contributed by atoms with E-state index in [1.54, 1.807) is 0 Å².